The van der Waals surface area contributed by atoms with Crippen LogP contribution in [0.15, 0.2) is 48.5 Å². The van der Waals surface area contributed by atoms with Crippen molar-refractivity contribution in [1.29, 1.82) is 0 Å². The Labute approximate surface area is 178 Å². The van der Waals surface area contributed by atoms with Gasteiger partial charge >= 0.3 is 0 Å². The molecule has 1 atom stereocenters. The Kier molecular flexibility index (Phi) is 7.71. The molecule has 160 valence electrons. The quantitative estimate of drug-likeness (QED) is 0.685. The summed E-state index contributed by atoms with van der Waals surface area (Å²) in [5, 5.41) is 5.89. The largest absolute Gasteiger partial charge is 0.484 e. The lowest BCUT2D eigenvalue weighted by Crippen LogP contribution is -2.35. The van der Waals surface area contributed by atoms with Gasteiger partial charge in [0.05, 0.1) is 5.56 Å². The summed E-state index contributed by atoms with van der Waals surface area (Å²) in [5.41, 5.74) is 2.11. The van der Waals surface area contributed by atoms with E-state index >= 15 is 0 Å². The van der Waals surface area contributed by atoms with E-state index < -0.39 is 0 Å². The van der Waals surface area contributed by atoms with Gasteiger partial charge in [-0.15, -0.1) is 0 Å². The number of ether oxygens (including phenoxy) is 1. The van der Waals surface area contributed by atoms with E-state index in [2.05, 4.69) is 15.5 Å². The number of nitrogens with zero attached hydrogens (tertiary/aromatic N) is 1. The first-order chi connectivity index (χ1) is 14.6. The van der Waals surface area contributed by atoms with Gasteiger partial charge in [-0.3, -0.25) is 9.59 Å². The van der Waals surface area contributed by atoms with E-state index in [0.717, 1.165) is 38.0 Å². The van der Waals surface area contributed by atoms with Crippen LogP contribution in [0.4, 0.5) is 11.4 Å². The van der Waals surface area contributed by atoms with Crippen molar-refractivity contribution in [3.63, 3.8) is 0 Å². The van der Waals surface area contributed by atoms with Crippen LogP contribution in [0.3, 0.4) is 0 Å². The van der Waals surface area contributed by atoms with Crippen molar-refractivity contribution in [2.45, 2.75) is 45.6 Å². The van der Waals surface area contributed by atoms with Crippen LogP contribution in [-0.4, -0.2) is 37.6 Å². The molecule has 30 heavy (non-hydrogen) atoms. The molecular formula is C24H31N3O3. The predicted octanol–water partition coefficient (Wildman–Crippen LogP) is 4.22. The number of carbonyl (C=O) groups is 2. The van der Waals surface area contributed by atoms with Gasteiger partial charge < -0.3 is 20.3 Å². The van der Waals surface area contributed by atoms with Gasteiger partial charge in [0.25, 0.3) is 11.8 Å². The number of hydrogen-bond acceptors (Lipinski definition) is 4. The van der Waals surface area contributed by atoms with Crippen molar-refractivity contribution in [2.24, 2.45) is 0 Å². The zero-order valence-corrected chi connectivity index (χ0v) is 17.8. The van der Waals surface area contributed by atoms with Gasteiger partial charge in [-0.25, -0.2) is 0 Å². The van der Waals surface area contributed by atoms with Crippen LogP contribution in [0.2, 0.25) is 0 Å². The highest BCUT2D eigenvalue weighted by Gasteiger charge is 2.20. The fourth-order valence-electron chi connectivity index (χ4n) is 3.47. The molecule has 1 fully saturated rings. The van der Waals surface area contributed by atoms with Crippen molar-refractivity contribution < 1.29 is 14.3 Å². The molecule has 2 amide bonds. The lowest BCUT2D eigenvalue weighted by atomic mass is 10.1. The molecular weight excluding hydrogens is 378 g/mol. The van der Waals surface area contributed by atoms with Crippen LogP contribution in [0.1, 0.15) is 49.9 Å². The molecule has 1 aliphatic rings. The van der Waals surface area contributed by atoms with Gasteiger partial charge in [-0.1, -0.05) is 25.1 Å². The first-order valence-electron chi connectivity index (χ1n) is 10.7. The average Bonchev–Trinajstić information content (AvgIpc) is 2.78. The molecule has 1 unspecified atom stereocenters. The Hall–Kier alpha value is -3.02. The highest BCUT2D eigenvalue weighted by molar-refractivity contribution is 6.02. The summed E-state index contributed by atoms with van der Waals surface area (Å²) in [6, 6.07) is 14.9. The monoisotopic (exact) mass is 409 g/mol. The fourth-order valence-corrected chi connectivity index (χ4v) is 3.47. The summed E-state index contributed by atoms with van der Waals surface area (Å²) in [6.45, 7) is 5.83. The van der Waals surface area contributed by atoms with Crippen molar-refractivity contribution in [1.82, 2.24) is 5.32 Å². The van der Waals surface area contributed by atoms with Crippen molar-refractivity contribution in [2.75, 3.05) is 29.9 Å². The summed E-state index contributed by atoms with van der Waals surface area (Å²) in [4.78, 5) is 27.5. The minimum Gasteiger partial charge on any atom is -0.484 e. The Morgan fingerprint density at radius 3 is 2.50 bits per heavy atom. The van der Waals surface area contributed by atoms with Crippen LogP contribution >= 0.6 is 0 Å². The molecule has 0 saturated carbocycles. The molecule has 2 N–H and O–H groups in total. The normalized spacial score (nSPS) is 14.7. The van der Waals surface area contributed by atoms with E-state index in [9.17, 15) is 9.59 Å². The summed E-state index contributed by atoms with van der Waals surface area (Å²) < 4.78 is 5.50. The van der Waals surface area contributed by atoms with E-state index in [1.807, 2.05) is 44.2 Å². The number of nitrogens with one attached hydrogen (secondary N) is 2. The molecule has 1 aliphatic heterocycles. The number of anilines is 2. The molecule has 0 aromatic heterocycles. The van der Waals surface area contributed by atoms with E-state index in [1.54, 1.807) is 18.2 Å². The number of rotatable bonds is 8. The lowest BCUT2D eigenvalue weighted by Gasteiger charge is -2.31. The minimum atomic E-state index is -0.266. The van der Waals surface area contributed by atoms with Gasteiger partial charge in [0.15, 0.2) is 6.61 Å². The number of piperidine rings is 1. The number of carbonyl (C=O) groups excluding carboxylic acids is 2. The second-order valence-corrected chi connectivity index (χ2v) is 7.71. The third-order valence-electron chi connectivity index (χ3n) is 5.32. The Balaban J connectivity index is 1.73. The summed E-state index contributed by atoms with van der Waals surface area (Å²) in [7, 11) is 0. The van der Waals surface area contributed by atoms with Gasteiger partial charge in [0.1, 0.15) is 5.75 Å². The third kappa shape index (κ3) is 5.99. The van der Waals surface area contributed by atoms with E-state index in [4.69, 9.17) is 4.74 Å². The van der Waals surface area contributed by atoms with E-state index in [1.165, 1.54) is 6.42 Å². The van der Waals surface area contributed by atoms with Crippen LogP contribution in [0.5, 0.6) is 5.75 Å². The minimum absolute atomic E-state index is 0.0872. The molecule has 0 aliphatic carbocycles. The Morgan fingerprint density at radius 1 is 1.07 bits per heavy atom. The molecule has 0 bridgehead atoms. The maximum atomic E-state index is 13.0. The van der Waals surface area contributed by atoms with Crippen LogP contribution in [-0.2, 0) is 4.79 Å². The second kappa shape index (κ2) is 10.7. The maximum absolute atomic E-state index is 13.0. The molecule has 0 radical (unpaired) electrons. The number of amides is 2. The molecule has 3 rings (SSSR count). The predicted molar refractivity (Wildman–Crippen MR) is 120 cm³/mol. The summed E-state index contributed by atoms with van der Waals surface area (Å²) in [6.07, 6.45) is 4.34. The van der Waals surface area contributed by atoms with Gasteiger partial charge in [-0.05, 0) is 62.9 Å². The second-order valence-electron chi connectivity index (χ2n) is 7.71. The van der Waals surface area contributed by atoms with Gasteiger partial charge in [0.2, 0.25) is 0 Å². The lowest BCUT2D eigenvalue weighted by molar-refractivity contribution is -0.118. The highest BCUT2D eigenvalue weighted by atomic mass is 16.5. The van der Waals surface area contributed by atoms with E-state index in [0.29, 0.717) is 17.0 Å². The zero-order chi connectivity index (χ0) is 21.3. The fraction of sp³-hybridized carbons (Fsp3) is 0.417. The molecule has 6 heteroatoms. The van der Waals surface area contributed by atoms with Gasteiger partial charge in [0, 0.05) is 30.5 Å². The van der Waals surface area contributed by atoms with Crippen LogP contribution < -0.4 is 20.3 Å². The average molecular weight is 410 g/mol. The highest BCUT2D eigenvalue weighted by Crippen LogP contribution is 2.27. The Morgan fingerprint density at radius 2 is 1.80 bits per heavy atom. The van der Waals surface area contributed by atoms with Crippen molar-refractivity contribution in [3.05, 3.63) is 54.1 Å². The number of para-hydroxylation sites is 1. The topological polar surface area (TPSA) is 70.7 Å². The molecule has 6 nitrogen and oxygen atoms in total. The van der Waals surface area contributed by atoms with E-state index in [-0.39, 0.29) is 24.5 Å². The van der Waals surface area contributed by atoms with Crippen molar-refractivity contribution >= 4 is 23.2 Å². The van der Waals surface area contributed by atoms with Gasteiger partial charge in [-0.2, -0.15) is 0 Å². The van der Waals surface area contributed by atoms with Crippen molar-refractivity contribution in [3.8, 4) is 5.75 Å². The molecule has 1 saturated heterocycles. The number of benzene rings is 2. The van der Waals surface area contributed by atoms with Crippen LogP contribution in [0.25, 0.3) is 0 Å². The zero-order valence-electron chi connectivity index (χ0n) is 17.8. The summed E-state index contributed by atoms with van der Waals surface area (Å²) in [5.74, 6) is 0.265. The third-order valence-corrected chi connectivity index (χ3v) is 5.32. The molecule has 2 aromatic carbocycles. The first kappa shape index (κ1) is 21.7. The SMILES string of the molecule is CCC(C)NC(=O)c1cc(NC(=O)COc2ccccc2)ccc1N1CCCCC1. The van der Waals surface area contributed by atoms with Crippen LogP contribution in [0, 0.1) is 0 Å². The molecule has 0 spiro atoms. The molecule has 1 heterocycles. The maximum Gasteiger partial charge on any atom is 0.262 e. The summed E-state index contributed by atoms with van der Waals surface area (Å²) >= 11 is 0. The smallest absolute Gasteiger partial charge is 0.262 e. The Bertz CT molecular complexity index is 848. The number of hydrogen-bond donors (Lipinski definition) is 2. The molecule has 2 aromatic rings. The first-order valence-corrected chi connectivity index (χ1v) is 10.7. The standard InChI is InChI=1S/C24H31N3O3/c1-3-18(2)25-24(29)21-16-19(12-13-22(21)27-14-8-5-9-15-27)26-23(28)17-30-20-10-6-4-7-11-20/h4,6-7,10-13,16,18H,3,5,8-9,14-15,17H2,1-2H3,(H,25,29)(H,26,28).